The van der Waals surface area contributed by atoms with Crippen LogP contribution in [0.2, 0.25) is 5.02 Å². The number of nitrogens with zero attached hydrogens (tertiary/aromatic N) is 2. The fraction of sp³-hybridized carbons (Fsp3) is 0. The zero-order valence-electron chi connectivity index (χ0n) is 9.86. The molecule has 8 heteroatoms. The van der Waals surface area contributed by atoms with Crippen LogP contribution in [0.1, 0.15) is 0 Å². The lowest BCUT2D eigenvalue weighted by Crippen LogP contribution is -1.89. The summed E-state index contributed by atoms with van der Waals surface area (Å²) in [6.07, 6.45) is 0. The highest BCUT2D eigenvalue weighted by atomic mass is 35.5. The van der Waals surface area contributed by atoms with E-state index in [-0.39, 0.29) is 10.8 Å². The van der Waals surface area contributed by atoms with Crippen LogP contribution in [0.3, 0.4) is 0 Å². The van der Waals surface area contributed by atoms with E-state index in [1.165, 1.54) is 30.3 Å². The van der Waals surface area contributed by atoms with Gasteiger partial charge in [0.15, 0.2) is 0 Å². The Morgan fingerprint density at radius 1 is 1.00 bits per heavy atom. The van der Waals surface area contributed by atoms with E-state index in [4.69, 9.17) is 11.6 Å². The Morgan fingerprint density at radius 3 is 2.10 bits per heavy atom. The standard InChI is InChI=1S/C12H8ClFN2O3S/c13-11-7-9(3-6-12(11)17)16-15-8-1-4-10(5-2-8)20(14,18)19/h1-7,17H/b16-15+. The molecule has 5 nitrogen and oxygen atoms in total. The van der Waals surface area contributed by atoms with E-state index in [0.717, 1.165) is 12.1 Å². The Hall–Kier alpha value is -1.99. The molecule has 0 aromatic heterocycles. The van der Waals surface area contributed by atoms with Gasteiger partial charge >= 0.3 is 10.2 Å². The van der Waals surface area contributed by atoms with Gasteiger partial charge in [0.25, 0.3) is 0 Å². The molecular formula is C12H8ClFN2O3S. The summed E-state index contributed by atoms with van der Waals surface area (Å²) in [5.41, 5.74) is 0.761. The molecule has 2 rings (SSSR count). The van der Waals surface area contributed by atoms with Crippen LogP contribution in [-0.2, 0) is 10.2 Å². The minimum Gasteiger partial charge on any atom is -0.506 e. The molecule has 0 unspecified atom stereocenters. The Bertz CT molecular complexity index is 761. The predicted molar refractivity (Wildman–Crippen MR) is 72.0 cm³/mol. The molecule has 0 saturated heterocycles. The first-order chi connectivity index (χ1) is 9.36. The van der Waals surface area contributed by atoms with Gasteiger partial charge in [-0.15, -0.1) is 3.89 Å². The summed E-state index contributed by atoms with van der Waals surface area (Å²) < 4.78 is 33.9. The number of phenols is 1. The molecule has 0 bridgehead atoms. The van der Waals surface area contributed by atoms with Crippen molar-refractivity contribution in [3.05, 3.63) is 47.5 Å². The van der Waals surface area contributed by atoms with Gasteiger partial charge in [0.05, 0.1) is 21.3 Å². The summed E-state index contributed by atoms with van der Waals surface area (Å²) in [5, 5.41) is 17.1. The second-order valence-electron chi connectivity index (χ2n) is 3.77. The van der Waals surface area contributed by atoms with E-state index in [1.807, 2.05) is 0 Å². The van der Waals surface area contributed by atoms with Crippen LogP contribution in [0.5, 0.6) is 5.75 Å². The number of halogens is 2. The fourth-order valence-corrected chi connectivity index (χ4v) is 1.98. The molecule has 2 aromatic rings. The quantitative estimate of drug-likeness (QED) is 0.683. The van der Waals surface area contributed by atoms with Gasteiger partial charge in [-0.3, -0.25) is 0 Å². The van der Waals surface area contributed by atoms with Crippen LogP contribution in [0, 0.1) is 0 Å². The van der Waals surface area contributed by atoms with Crippen molar-refractivity contribution in [1.82, 2.24) is 0 Å². The van der Waals surface area contributed by atoms with Gasteiger partial charge in [0, 0.05) is 0 Å². The molecule has 0 atom stereocenters. The molecular weight excluding hydrogens is 307 g/mol. The smallest absolute Gasteiger partial charge is 0.332 e. The second-order valence-corrected chi connectivity index (χ2v) is 5.52. The fourth-order valence-electron chi connectivity index (χ4n) is 1.35. The Kier molecular flexibility index (Phi) is 4.01. The summed E-state index contributed by atoms with van der Waals surface area (Å²) in [6, 6.07) is 9.11. The highest BCUT2D eigenvalue weighted by Gasteiger charge is 2.10. The molecule has 1 N–H and O–H groups in total. The van der Waals surface area contributed by atoms with E-state index in [2.05, 4.69) is 10.2 Å². The van der Waals surface area contributed by atoms with Crippen molar-refractivity contribution < 1.29 is 17.4 Å². The lowest BCUT2D eigenvalue weighted by molar-refractivity contribution is 0.475. The van der Waals surface area contributed by atoms with Gasteiger partial charge in [-0.25, -0.2) is 0 Å². The third-order valence-corrected chi connectivity index (χ3v) is 3.47. The molecule has 0 radical (unpaired) electrons. The highest BCUT2D eigenvalue weighted by Crippen LogP contribution is 2.28. The van der Waals surface area contributed by atoms with Gasteiger partial charge in [-0.1, -0.05) is 11.6 Å². The molecule has 0 aliphatic carbocycles. The van der Waals surface area contributed by atoms with Crippen molar-refractivity contribution in [3.8, 4) is 5.75 Å². The maximum atomic E-state index is 12.7. The summed E-state index contributed by atoms with van der Waals surface area (Å²) in [6.45, 7) is 0. The van der Waals surface area contributed by atoms with Crippen LogP contribution in [0.4, 0.5) is 15.3 Å². The lowest BCUT2D eigenvalue weighted by atomic mass is 10.3. The molecule has 104 valence electrons. The largest absolute Gasteiger partial charge is 0.506 e. The average molecular weight is 315 g/mol. The van der Waals surface area contributed by atoms with Crippen molar-refractivity contribution in [1.29, 1.82) is 0 Å². The van der Waals surface area contributed by atoms with Crippen molar-refractivity contribution in [2.75, 3.05) is 0 Å². The normalized spacial score (nSPS) is 11.9. The van der Waals surface area contributed by atoms with Crippen LogP contribution in [0.25, 0.3) is 0 Å². The predicted octanol–water partition coefficient (Wildman–Crippen LogP) is 4.12. The molecule has 2 aromatic carbocycles. The molecule has 0 saturated carbocycles. The second kappa shape index (κ2) is 5.56. The molecule has 0 aliphatic heterocycles. The van der Waals surface area contributed by atoms with Gasteiger partial charge in [-0.05, 0) is 42.5 Å². The Labute approximate surface area is 119 Å². The Balaban J connectivity index is 2.21. The minimum absolute atomic E-state index is 0.0666. The number of azo groups is 1. The van der Waals surface area contributed by atoms with E-state index in [9.17, 15) is 17.4 Å². The van der Waals surface area contributed by atoms with Gasteiger partial charge < -0.3 is 5.11 Å². The SMILES string of the molecule is O=S(=O)(F)c1ccc(/N=N/c2ccc(O)c(Cl)c2)cc1. The van der Waals surface area contributed by atoms with Crippen molar-refractivity contribution in [2.24, 2.45) is 10.2 Å². The summed E-state index contributed by atoms with van der Waals surface area (Å²) in [5.74, 6) is -0.0666. The van der Waals surface area contributed by atoms with E-state index in [1.54, 1.807) is 0 Å². The van der Waals surface area contributed by atoms with E-state index >= 15 is 0 Å². The first-order valence-electron chi connectivity index (χ1n) is 5.31. The Morgan fingerprint density at radius 2 is 1.55 bits per heavy atom. The molecule has 0 fully saturated rings. The third-order valence-electron chi connectivity index (χ3n) is 2.33. The maximum absolute atomic E-state index is 12.7. The monoisotopic (exact) mass is 314 g/mol. The van der Waals surface area contributed by atoms with Crippen LogP contribution >= 0.6 is 11.6 Å². The minimum atomic E-state index is -4.71. The number of phenolic OH excluding ortho intramolecular Hbond substituents is 1. The number of hydrogen-bond acceptors (Lipinski definition) is 5. The van der Waals surface area contributed by atoms with Gasteiger partial charge in [0.2, 0.25) is 0 Å². The van der Waals surface area contributed by atoms with Crippen LogP contribution < -0.4 is 0 Å². The maximum Gasteiger partial charge on any atom is 0.332 e. The summed E-state index contributed by atoms with van der Waals surface area (Å²) in [4.78, 5) is -0.441. The topological polar surface area (TPSA) is 79.1 Å². The van der Waals surface area contributed by atoms with E-state index < -0.39 is 15.1 Å². The summed E-state index contributed by atoms with van der Waals surface area (Å²) in [7, 11) is -4.71. The highest BCUT2D eigenvalue weighted by molar-refractivity contribution is 7.86. The van der Waals surface area contributed by atoms with Crippen molar-refractivity contribution >= 4 is 33.2 Å². The molecule has 0 spiro atoms. The number of rotatable bonds is 3. The number of aromatic hydroxyl groups is 1. The van der Waals surface area contributed by atoms with Gasteiger partial charge in [0.1, 0.15) is 5.75 Å². The average Bonchev–Trinajstić information content (AvgIpc) is 2.40. The molecule has 0 amide bonds. The molecule has 0 heterocycles. The summed E-state index contributed by atoms with van der Waals surface area (Å²) >= 11 is 5.71. The zero-order valence-corrected chi connectivity index (χ0v) is 11.4. The third kappa shape index (κ3) is 3.52. The van der Waals surface area contributed by atoms with Gasteiger partial charge in [-0.2, -0.15) is 18.6 Å². The molecule has 20 heavy (non-hydrogen) atoms. The van der Waals surface area contributed by atoms with Crippen LogP contribution in [0.15, 0.2) is 57.6 Å². The molecule has 0 aliphatic rings. The van der Waals surface area contributed by atoms with Crippen molar-refractivity contribution in [3.63, 3.8) is 0 Å². The van der Waals surface area contributed by atoms with Crippen LogP contribution in [-0.4, -0.2) is 13.5 Å². The first-order valence-corrected chi connectivity index (χ1v) is 7.07. The number of hydrogen-bond donors (Lipinski definition) is 1. The number of benzene rings is 2. The van der Waals surface area contributed by atoms with Crippen molar-refractivity contribution in [2.45, 2.75) is 4.90 Å². The van der Waals surface area contributed by atoms with E-state index in [0.29, 0.717) is 11.4 Å². The lowest BCUT2D eigenvalue weighted by Gasteiger charge is -1.98. The zero-order chi connectivity index (χ0) is 14.8. The first kappa shape index (κ1) is 14.4.